The summed E-state index contributed by atoms with van der Waals surface area (Å²) >= 11 is 1.60. The van der Waals surface area contributed by atoms with Crippen molar-refractivity contribution in [3.05, 3.63) is 34.3 Å². The van der Waals surface area contributed by atoms with E-state index in [9.17, 15) is 5.11 Å². The molecule has 0 saturated carbocycles. The Kier molecular flexibility index (Phi) is 3.91. The van der Waals surface area contributed by atoms with Gasteiger partial charge in [0.15, 0.2) is 0 Å². The molecule has 2 heterocycles. The molecule has 1 atom stereocenters. The lowest BCUT2D eigenvalue weighted by Gasteiger charge is -2.09. The highest BCUT2D eigenvalue weighted by Crippen LogP contribution is 2.13. The second kappa shape index (κ2) is 5.42. The van der Waals surface area contributed by atoms with Gasteiger partial charge in [-0.05, 0) is 13.8 Å². The zero-order valence-corrected chi connectivity index (χ0v) is 10.9. The molecule has 1 unspecified atom stereocenters. The Morgan fingerprint density at radius 2 is 2.29 bits per heavy atom. The van der Waals surface area contributed by atoms with Gasteiger partial charge in [-0.15, -0.1) is 11.3 Å². The zero-order chi connectivity index (χ0) is 12.3. The molecule has 2 aromatic rings. The first-order chi connectivity index (χ1) is 8.19. The summed E-state index contributed by atoms with van der Waals surface area (Å²) in [4.78, 5) is 8.61. The van der Waals surface area contributed by atoms with Crippen molar-refractivity contribution in [2.24, 2.45) is 0 Å². The minimum absolute atomic E-state index is 0.409. The van der Waals surface area contributed by atoms with E-state index in [0.29, 0.717) is 12.8 Å². The van der Waals surface area contributed by atoms with Gasteiger partial charge in [-0.2, -0.15) is 0 Å². The monoisotopic (exact) mass is 251 g/mol. The molecule has 2 aromatic heterocycles. The highest BCUT2D eigenvalue weighted by Gasteiger charge is 2.12. The Bertz CT molecular complexity index is 478. The fourth-order valence-electron chi connectivity index (χ4n) is 1.80. The Morgan fingerprint density at radius 1 is 1.47 bits per heavy atom. The highest BCUT2D eigenvalue weighted by atomic mass is 32.1. The third kappa shape index (κ3) is 3.14. The molecule has 92 valence electrons. The van der Waals surface area contributed by atoms with E-state index < -0.39 is 6.10 Å². The summed E-state index contributed by atoms with van der Waals surface area (Å²) in [7, 11) is 0. The van der Waals surface area contributed by atoms with Crippen molar-refractivity contribution < 1.29 is 5.11 Å². The van der Waals surface area contributed by atoms with E-state index in [1.807, 2.05) is 18.5 Å². The maximum absolute atomic E-state index is 10.0. The molecule has 5 heteroatoms. The lowest BCUT2D eigenvalue weighted by molar-refractivity contribution is 0.171. The fourth-order valence-corrected chi connectivity index (χ4v) is 2.64. The summed E-state index contributed by atoms with van der Waals surface area (Å²) in [5.74, 6) is 0.938. The van der Waals surface area contributed by atoms with Crippen molar-refractivity contribution in [1.82, 2.24) is 14.5 Å². The summed E-state index contributed by atoms with van der Waals surface area (Å²) in [6, 6.07) is 0. The van der Waals surface area contributed by atoms with Gasteiger partial charge in [-0.3, -0.25) is 0 Å². The Morgan fingerprint density at radius 3 is 2.94 bits per heavy atom. The van der Waals surface area contributed by atoms with Crippen molar-refractivity contribution in [2.75, 3.05) is 0 Å². The summed E-state index contributed by atoms with van der Waals surface area (Å²) in [6.07, 6.45) is 4.50. The van der Waals surface area contributed by atoms with Gasteiger partial charge in [0.05, 0.1) is 11.1 Å². The van der Waals surface area contributed by atoms with Gasteiger partial charge < -0.3 is 9.67 Å². The van der Waals surface area contributed by atoms with Crippen LogP contribution in [-0.2, 0) is 19.4 Å². The van der Waals surface area contributed by atoms with Crippen LogP contribution in [0.5, 0.6) is 0 Å². The van der Waals surface area contributed by atoms with Crippen LogP contribution in [0.25, 0.3) is 0 Å². The molecule has 2 rings (SSSR count). The van der Waals surface area contributed by atoms with E-state index in [2.05, 4.69) is 21.5 Å². The van der Waals surface area contributed by atoms with Gasteiger partial charge in [0, 0.05) is 42.9 Å². The maximum Gasteiger partial charge on any atom is 0.111 e. The number of thiazole rings is 1. The molecular formula is C12H17N3OS. The molecule has 0 aliphatic carbocycles. The topological polar surface area (TPSA) is 50.9 Å². The van der Waals surface area contributed by atoms with E-state index in [-0.39, 0.29) is 0 Å². The number of aliphatic hydroxyl groups excluding tert-OH is 1. The molecule has 0 spiro atoms. The van der Waals surface area contributed by atoms with Crippen LogP contribution in [0, 0.1) is 6.92 Å². The van der Waals surface area contributed by atoms with E-state index >= 15 is 0 Å². The molecule has 4 nitrogen and oxygen atoms in total. The van der Waals surface area contributed by atoms with Crippen LogP contribution >= 0.6 is 11.3 Å². The quantitative estimate of drug-likeness (QED) is 0.881. The van der Waals surface area contributed by atoms with Gasteiger partial charge in [0.2, 0.25) is 0 Å². The Labute approximate surface area is 105 Å². The zero-order valence-electron chi connectivity index (χ0n) is 10.1. The van der Waals surface area contributed by atoms with E-state index in [4.69, 9.17) is 0 Å². The van der Waals surface area contributed by atoms with Crippen molar-refractivity contribution in [2.45, 2.75) is 39.3 Å². The van der Waals surface area contributed by atoms with Crippen LogP contribution in [0.1, 0.15) is 23.4 Å². The smallest absolute Gasteiger partial charge is 0.111 e. The number of aromatic nitrogens is 3. The minimum Gasteiger partial charge on any atom is -0.392 e. The normalized spacial score (nSPS) is 12.9. The Hall–Kier alpha value is -1.20. The average molecular weight is 251 g/mol. The van der Waals surface area contributed by atoms with Gasteiger partial charge >= 0.3 is 0 Å². The summed E-state index contributed by atoms with van der Waals surface area (Å²) in [6.45, 7) is 4.93. The minimum atomic E-state index is -0.409. The number of aliphatic hydroxyl groups is 1. The van der Waals surface area contributed by atoms with Crippen molar-refractivity contribution in [1.29, 1.82) is 0 Å². The van der Waals surface area contributed by atoms with Crippen LogP contribution in [-0.4, -0.2) is 25.7 Å². The molecular weight excluding hydrogens is 234 g/mol. The molecule has 0 aromatic carbocycles. The average Bonchev–Trinajstić information content (AvgIpc) is 2.87. The maximum atomic E-state index is 10.0. The lowest BCUT2D eigenvalue weighted by Crippen LogP contribution is -2.17. The third-order valence-electron chi connectivity index (χ3n) is 2.64. The van der Waals surface area contributed by atoms with Crippen LogP contribution < -0.4 is 0 Å². The van der Waals surface area contributed by atoms with Crippen molar-refractivity contribution >= 4 is 11.3 Å². The summed E-state index contributed by atoms with van der Waals surface area (Å²) < 4.78 is 2.05. The molecule has 0 aliphatic rings. The van der Waals surface area contributed by atoms with Gasteiger partial charge in [-0.25, -0.2) is 9.97 Å². The first-order valence-corrected chi connectivity index (χ1v) is 6.66. The van der Waals surface area contributed by atoms with Crippen LogP contribution in [0.4, 0.5) is 0 Å². The number of rotatable bonds is 5. The van der Waals surface area contributed by atoms with Crippen molar-refractivity contribution in [3.8, 4) is 0 Å². The lowest BCUT2D eigenvalue weighted by atomic mass is 10.2. The van der Waals surface area contributed by atoms with Crippen molar-refractivity contribution in [3.63, 3.8) is 0 Å². The molecule has 0 aliphatic heterocycles. The second-order valence-corrected chi connectivity index (χ2v) is 5.02. The second-order valence-electron chi connectivity index (χ2n) is 4.07. The van der Waals surface area contributed by atoms with E-state index in [0.717, 1.165) is 23.1 Å². The summed E-state index contributed by atoms with van der Waals surface area (Å²) in [5, 5.41) is 13.0. The van der Waals surface area contributed by atoms with Crippen LogP contribution in [0.15, 0.2) is 17.8 Å². The van der Waals surface area contributed by atoms with Gasteiger partial charge in [0.25, 0.3) is 0 Å². The molecule has 1 N–H and O–H groups in total. The van der Waals surface area contributed by atoms with Gasteiger partial charge in [-0.1, -0.05) is 0 Å². The molecule has 0 fully saturated rings. The van der Waals surface area contributed by atoms with E-state index in [1.54, 1.807) is 17.5 Å². The first kappa shape index (κ1) is 12.3. The number of hydrogen-bond acceptors (Lipinski definition) is 4. The van der Waals surface area contributed by atoms with Crippen LogP contribution in [0.2, 0.25) is 0 Å². The number of hydrogen-bond donors (Lipinski definition) is 1. The number of imidazole rings is 1. The third-order valence-corrected chi connectivity index (χ3v) is 3.63. The first-order valence-electron chi connectivity index (χ1n) is 5.78. The fraction of sp³-hybridized carbons (Fsp3) is 0.500. The van der Waals surface area contributed by atoms with E-state index in [1.165, 1.54) is 0 Å². The largest absolute Gasteiger partial charge is 0.392 e. The summed E-state index contributed by atoms with van der Waals surface area (Å²) in [5.41, 5.74) is 1.02. The van der Waals surface area contributed by atoms with Crippen LogP contribution in [0.3, 0.4) is 0 Å². The highest BCUT2D eigenvalue weighted by molar-refractivity contribution is 7.09. The molecule has 0 amide bonds. The molecule has 0 bridgehead atoms. The van der Waals surface area contributed by atoms with Gasteiger partial charge in [0.1, 0.15) is 5.82 Å². The number of nitrogens with zero attached hydrogens (tertiary/aromatic N) is 3. The SMILES string of the molecule is CCn1ccnc1CC(O)Cc1nc(C)cs1. The number of aryl methyl sites for hydroxylation is 2. The molecule has 0 saturated heterocycles. The molecule has 0 radical (unpaired) electrons. The Balaban J connectivity index is 1.95. The predicted octanol–water partition coefficient (Wildman–Crippen LogP) is 1.81. The predicted molar refractivity (Wildman–Crippen MR) is 68.2 cm³/mol. The standard InChI is InChI=1S/C12H17N3OS/c1-3-15-5-4-13-11(15)6-10(16)7-12-14-9(2)8-17-12/h4-5,8,10,16H,3,6-7H2,1-2H3. The molecule has 17 heavy (non-hydrogen) atoms.